The van der Waals surface area contributed by atoms with Gasteiger partial charge in [-0.2, -0.15) is 4.98 Å². The second-order valence-corrected chi connectivity index (χ2v) is 13.3. The lowest BCUT2D eigenvalue weighted by atomic mass is 9.97. The zero-order valence-electron chi connectivity index (χ0n) is 22.6. The fourth-order valence-electron chi connectivity index (χ4n) is 3.26. The molecular formula is C23H37FN3O10P. The molecule has 0 aromatic carbocycles. The van der Waals surface area contributed by atoms with E-state index in [1.54, 1.807) is 41.5 Å². The number of halogens is 1. The standard InChI is InChI=1S/C23H37FN3O10P/c1-21(2,3)18(29)33-12-35-38(32,36-13-34-19(30)22(4,5)6)11-9-14-16(28)23(7,24)17(37-14)27-10-8-15(25)26-20(27)31/h8,10,14,16-17,28H,9,11-13H2,1-7H3,(H2,25,26,31)/t14-,16-,17-,23-/m1/s1. The van der Waals surface area contributed by atoms with E-state index in [9.17, 15) is 24.1 Å². The van der Waals surface area contributed by atoms with Gasteiger partial charge in [-0.3, -0.25) is 27.8 Å². The van der Waals surface area contributed by atoms with Crippen LogP contribution in [0.25, 0.3) is 0 Å². The minimum atomic E-state index is -4.13. The van der Waals surface area contributed by atoms with Crippen LogP contribution >= 0.6 is 7.60 Å². The first kappa shape index (κ1) is 31.8. The highest BCUT2D eigenvalue weighted by atomic mass is 31.2. The molecule has 0 saturated carbocycles. The Kier molecular flexibility index (Phi) is 9.87. The first-order chi connectivity index (χ1) is 17.3. The molecule has 3 N–H and O–H groups in total. The molecule has 216 valence electrons. The third-order valence-corrected chi connectivity index (χ3v) is 7.42. The maximum atomic E-state index is 15.5. The van der Waals surface area contributed by atoms with Crippen LogP contribution in [0.15, 0.2) is 17.1 Å². The lowest BCUT2D eigenvalue weighted by molar-refractivity contribution is -0.162. The van der Waals surface area contributed by atoms with Crippen LogP contribution in [0.2, 0.25) is 0 Å². The van der Waals surface area contributed by atoms with Gasteiger partial charge in [0.2, 0.25) is 13.6 Å². The fraction of sp³-hybridized carbons (Fsp3) is 0.739. The van der Waals surface area contributed by atoms with Crippen molar-refractivity contribution in [1.29, 1.82) is 0 Å². The van der Waals surface area contributed by atoms with Crippen LogP contribution in [0, 0.1) is 10.8 Å². The fourth-order valence-corrected chi connectivity index (χ4v) is 4.59. The van der Waals surface area contributed by atoms with Crippen molar-refractivity contribution in [2.24, 2.45) is 10.8 Å². The quantitative estimate of drug-likeness (QED) is 0.241. The number of esters is 2. The van der Waals surface area contributed by atoms with Gasteiger partial charge in [-0.1, -0.05) is 0 Å². The predicted octanol–water partition coefficient (Wildman–Crippen LogP) is 2.52. The molecule has 0 bridgehead atoms. The Morgan fingerprint density at radius 2 is 1.66 bits per heavy atom. The summed E-state index contributed by atoms with van der Waals surface area (Å²) in [4.78, 5) is 39.8. The van der Waals surface area contributed by atoms with Crippen molar-refractivity contribution < 1.29 is 46.9 Å². The summed E-state index contributed by atoms with van der Waals surface area (Å²) in [6, 6.07) is 1.27. The number of hydrogen-bond acceptors (Lipinski definition) is 12. The summed E-state index contributed by atoms with van der Waals surface area (Å²) in [6.45, 7) is 9.27. The highest BCUT2D eigenvalue weighted by Crippen LogP contribution is 2.51. The van der Waals surface area contributed by atoms with Crippen molar-refractivity contribution >= 4 is 25.4 Å². The average Bonchev–Trinajstić information content (AvgIpc) is 3.00. The van der Waals surface area contributed by atoms with E-state index in [-0.39, 0.29) is 12.2 Å². The number of aromatic nitrogens is 2. The van der Waals surface area contributed by atoms with Crippen LogP contribution in [0.5, 0.6) is 0 Å². The van der Waals surface area contributed by atoms with Gasteiger partial charge in [0.05, 0.1) is 23.1 Å². The Morgan fingerprint density at radius 1 is 1.16 bits per heavy atom. The highest BCUT2D eigenvalue weighted by Gasteiger charge is 2.55. The molecule has 0 unspecified atom stereocenters. The van der Waals surface area contributed by atoms with Gasteiger partial charge in [0.1, 0.15) is 11.9 Å². The monoisotopic (exact) mass is 565 g/mol. The molecule has 1 aliphatic rings. The predicted molar refractivity (Wildman–Crippen MR) is 132 cm³/mol. The van der Waals surface area contributed by atoms with E-state index in [1.165, 1.54) is 12.3 Å². The largest absolute Gasteiger partial charge is 0.438 e. The molecule has 0 spiro atoms. The van der Waals surface area contributed by atoms with Gasteiger partial charge in [-0.15, -0.1) is 0 Å². The zero-order valence-corrected chi connectivity index (χ0v) is 23.5. The number of nitrogens with zero attached hydrogens (tertiary/aromatic N) is 2. The van der Waals surface area contributed by atoms with E-state index in [0.717, 1.165) is 11.5 Å². The van der Waals surface area contributed by atoms with Gasteiger partial charge in [0.25, 0.3) is 0 Å². The lowest BCUT2D eigenvalue weighted by Gasteiger charge is -2.25. The molecule has 1 fully saturated rings. The molecule has 15 heteroatoms. The summed E-state index contributed by atoms with van der Waals surface area (Å²) in [5.41, 5.74) is 0.460. The Bertz CT molecular complexity index is 1080. The molecule has 2 heterocycles. The van der Waals surface area contributed by atoms with Crippen molar-refractivity contribution in [2.45, 2.75) is 79.0 Å². The number of aliphatic hydroxyl groups excluding tert-OH is 1. The average molecular weight is 566 g/mol. The number of ether oxygens (including phenoxy) is 3. The Balaban J connectivity index is 2.14. The van der Waals surface area contributed by atoms with Gasteiger partial charge >= 0.3 is 25.2 Å². The minimum absolute atomic E-state index is 0.0727. The van der Waals surface area contributed by atoms with Gasteiger partial charge < -0.3 is 25.1 Å². The van der Waals surface area contributed by atoms with Crippen LogP contribution < -0.4 is 11.4 Å². The van der Waals surface area contributed by atoms with E-state index in [2.05, 4.69) is 4.98 Å². The van der Waals surface area contributed by atoms with E-state index >= 15 is 4.39 Å². The normalized spacial score (nSPS) is 24.3. The second-order valence-electron chi connectivity index (χ2n) is 11.1. The number of alkyl halides is 1. The van der Waals surface area contributed by atoms with Crippen molar-refractivity contribution in [3.63, 3.8) is 0 Å². The van der Waals surface area contributed by atoms with E-state index in [0.29, 0.717) is 0 Å². The number of anilines is 1. The topological polar surface area (TPSA) is 178 Å². The summed E-state index contributed by atoms with van der Waals surface area (Å²) >= 11 is 0. The number of carbonyl (C=O) groups excluding carboxylic acids is 2. The number of aliphatic hydroxyl groups is 1. The molecule has 1 aromatic heterocycles. The van der Waals surface area contributed by atoms with Crippen LogP contribution in [-0.4, -0.2) is 64.2 Å². The van der Waals surface area contributed by atoms with E-state index in [4.69, 9.17) is 29.0 Å². The van der Waals surface area contributed by atoms with Crippen molar-refractivity contribution in [3.05, 3.63) is 22.7 Å². The maximum Gasteiger partial charge on any atom is 0.351 e. The van der Waals surface area contributed by atoms with Crippen LogP contribution in [0.3, 0.4) is 0 Å². The van der Waals surface area contributed by atoms with Gasteiger partial charge in [-0.05, 0) is 61.0 Å². The Labute approximate surface area is 220 Å². The van der Waals surface area contributed by atoms with E-state index in [1.807, 2.05) is 0 Å². The molecule has 0 aliphatic carbocycles. The zero-order chi connectivity index (χ0) is 29.1. The highest BCUT2D eigenvalue weighted by molar-refractivity contribution is 7.53. The van der Waals surface area contributed by atoms with Gasteiger partial charge in [0.15, 0.2) is 11.9 Å². The molecule has 2 rings (SSSR count). The number of carbonyl (C=O) groups is 2. The smallest absolute Gasteiger partial charge is 0.351 e. The van der Waals surface area contributed by atoms with Crippen LogP contribution in [0.4, 0.5) is 10.2 Å². The summed E-state index contributed by atoms with van der Waals surface area (Å²) in [6.07, 6.45) is -4.03. The molecule has 13 nitrogen and oxygen atoms in total. The number of rotatable bonds is 10. The first-order valence-electron chi connectivity index (χ1n) is 11.9. The molecule has 38 heavy (non-hydrogen) atoms. The van der Waals surface area contributed by atoms with Gasteiger partial charge in [0, 0.05) is 6.20 Å². The second kappa shape index (κ2) is 11.8. The number of hydrogen-bond donors (Lipinski definition) is 2. The molecule has 1 saturated heterocycles. The summed E-state index contributed by atoms with van der Waals surface area (Å²) in [5, 5.41) is 10.6. The summed E-state index contributed by atoms with van der Waals surface area (Å²) < 4.78 is 55.8. The molecule has 4 atom stereocenters. The van der Waals surface area contributed by atoms with Crippen LogP contribution in [-0.2, 0) is 37.4 Å². The Morgan fingerprint density at radius 3 is 2.11 bits per heavy atom. The minimum Gasteiger partial charge on any atom is -0.438 e. The SMILES string of the molecule is CC(C)(C)C(=O)OCOP(=O)(CC[C@H]1O[C@@H](n2ccc(N)nc2=O)[C@](C)(F)[C@@H]1O)OCOC(=O)C(C)(C)C. The van der Waals surface area contributed by atoms with Gasteiger partial charge in [-0.25, -0.2) is 9.18 Å². The molecule has 1 aromatic rings. The third kappa shape index (κ3) is 8.06. The summed E-state index contributed by atoms with van der Waals surface area (Å²) in [7, 11) is -4.13. The van der Waals surface area contributed by atoms with Crippen LogP contribution in [0.1, 0.15) is 61.1 Å². The molecular weight excluding hydrogens is 528 g/mol. The molecule has 1 aliphatic heterocycles. The lowest BCUT2D eigenvalue weighted by Crippen LogP contribution is -2.42. The third-order valence-electron chi connectivity index (χ3n) is 5.61. The first-order valence-corrected chi connectivity index (χ1v) is 13.6. The molecule has 0 amide bonds. The number of nitrogens with two attached hydrogens (primary N) is 1. The van der Waals surface area contributed by atoms with E-state index < -0.39 is 79.9 Å². The summed E-state index contributed by atoms with van der Waals surface area (Å²) in [5.74, 6) is -1.33. The maximum absolute atomic E-state index is 15.5. The number of nitrogen functional groups attached to an aromatic ring is 1. The van der Waals surface area contributed by atoms with Crippen molar-refractivity contribution in [3.8, 4) is 0 Å². The van der Waals surface area contributed by atoms with Crippen molar-refractivity contribution in [2.75, 3.05) is 25.5 Å². The molecule has 0 radical (unpaired) electrons. The van der Waals surface area contributed by atoms with Crippen molar-refractivity contribution in [1.82, 2.24) is 9.55 Å². The Hall–Kier alpha value is -2.38.